The number of fused-ring (bicyclic) bond motifs is 3. The lowest BCUT2D eigenvalue weighted by molar-refractivity contribution is 0.217. The van der Waals surface area contributed by atoms with Crippen LogP contribution in [0.3, 0.4) is 0 Å². The summed E-state index contributed by atoms with van der Waals surface area (Å²) in [6.07, 6.45) is 9.55. The molecule has 2 fully saturated rings. The number of halogens is 1. The zero-order valence-electron chi connectivity index (χ0n) is 19.2. The SMILES string of the molecule is Fc1cc(C2CCCN2)ccc1C1=CN2c3ccccc3SC2N1CCCN1CCCCC1. The lowest BCUT2D eigenvalue weighted by Gasteiger charge is -2.31. The molecule has 174 valence electrons. The van der Waals surface area contributed by atoms with E-state index in [0.29, 0.717) is 0 Å². The highest BCUT2D eigenvalue weighted by molar-refractivity contribution is 8.00. The zero-order valence-corrected chi connectivity index (χ0v) is 20.0. The molecule has 0 radical (unpaired) electrons. The Balaban J connectivity index is 1.26. The van der Waals surface area contributed by atoms with Gasteiger partial charge in [0.05, 0.1) is 11.4 Å². The molecule has 0 aliphatic carbocycles. The molecule has 1 N–H and O–H groups in total. The van der Waals surface area contributed by atoms with Crippen LogP contribution >= 0.6 is 11.8 Å². The van der Waals surface area contributed by atoms with Crippen LogP contribution in [0.2, 0.25) is 0 Å². The summed E-state index contributed by atoms with van der Waals surface area (Å²) < 4.78 is 15.5. The minimum atomic E-state index is -0.104. The second-order valence-electron chi connectivity index (χ2n) is 9.67. The van der Waals surface area contributed by atoms with Crippen LogP contribution in [0.25, 0.3) is 5.70 Å². The quantitative estimate of drug-likeness (QED) is 0.596. The van der Waals surface area contributed by atoms with Crippen LogP contribution in [0.4, 0.5) is 10.1 Å². The van der Waals surface area contributed by atoms with Gasteiger partial charge in [-0.1, -0.05) is 36.4 Å². The fourth-order valence-electron chi connectivity index (χ4n) is 5.76. The molecule has 4 aliphatic rings. The standard InChI is InChI=1S/C27H33FN4S/c28-22-18-20(23-8-6-13-29-23)11-12-21(22)25-19-32-24-9-2-3-10-26(24)33-27(32)31(25)17-7-16-30-14-4-1-5-15-30/h2-3,9-12,18-19,23,27,29H,1,4-8,13-17H2. The van der Waals surface area contributed by atoms with E-state index in [9.17, 15) is 0 Å². The third-order valence-electron chi connectivity index (χ3n) is 7.51. The Morgan fingerprint density at radius 3 is 2.70 bits per heavy atom. The summed E-state index contributed by atoms with van der Waals surface area (Å²) in [6, 6.07) is 14.8. The van der Waals surface area contributed by atoms with Gasteiger partial charge < -0.3 is 20.0 Å². The third-order valence-corrected chi connectivity index (χ3v) is 8.80. The minimum Gasteiger partial charge on any atom is -0.340 e. The van der Waals surface area contributed by atoms with E-state index in [1.165, 1.54) is 42.9 Å². The van der Waals surface area contributed by atoms with E-state index >= 15 is 4.39 Å². The molecule has 0 spiro atoms. The molecule has 0 bridgehead atoms. The smallest absolute Gasteiger partial charge is 0.159 e. The summed E-state index contributed by atoms with van der Waals surface area (Å²) in [4.78, 5) is 8.67. The van der Waals surface area contributed by atoms with Crippen molar-refractivity contribution in [3.8, 4) is 0 Å². The molecule has 6 rings (SSSR count). The molecule has 2 unspecified atom stereocenters. The van der Waals surface area contributed by atoms with Crippen LogP contribution in [0, 0.1) is 5.82 Å². The molecule has 4 heterocycles. The largest absolute Gasteiger partial charge is 0.340 e. The molecular weight excluding hydrogens is 431 g/mol. The Hall–Kier alpha value is -2.02. The molecule has 2 saturated heterocycles. The maximum absolute atomic E-state index is 15.5. The maximum atomic E-state index is 15.5. The monoisotopic (exact) mass is 464 g/mol. The Morgan fingerprint density at radius 1 is 1.00 bits per heavy atom. The number of hydrogen-bond acceptors (Lipinski definition) is 5. The highest BCUT2D eigenvalue weighted by Crippen LogP contribution is 2.50. The molecule has 6 heteroatoms. The third kappa shape index (κ3) is 4.17. The number of likely N-dealkylation sites (tertiary alicyclic amines) is 1. The van der Waals surface area contributed by atoms with E-state index in [0.717, 1.165) is 55.7 Å². The van der Waals surface area contributed by atoms with Crippen LogP contribution in [-0.2, 0) is 0 Å². The van der Waals surface area contributed by atoms with E-state index < -0.39 is 0 Å². The molecule has 33 heavy (non-hydrogen) atoms. The lowest BCUT2D eigenvalue weighted by atomic mass is 10.0. The topological polar surface area (TPSA) is 21.8 Å². The van der Waals surface area contributed by atoms with Crippen LogP contribution < -0.4 is 10.2 Å². The van der Waals surface area contributed by atoms with Crippen molar-refractivity contribution in [1.29, 1.82) is 0 Å². The van der Waals surface area contributed by atoms with Crippen molar-refractivity contribution in [3.63, 3.8) is 0 Å². The Kier molecular flexibility index (Phi) is 6.07. The second-order valence-corrected chi connectivity index (χ2v) is 10.8. The van der Waals surface area contributed by atoms with E-state index in [2.05, 4.69) is 56.5 Å². The van der Waals surface area contributed by atoms with Gasteiger partial charge >= 0.3 is 0 Å². The van der Waals surface area contributed by atoms with Gasteiger partial charge in [-0.3, -0.25) is 0 Å². The molecule has 2 atom stereocenters. The second kappa shape index (κ2) is 9.32. The van der Waals surface area contributed by atoms with Gasteiger partial charge in [-0.2, -0.15) is 0 Å². The van der Waals surface area contributed by atoms with Gasteiger partial charge in [0, 0.05) is 29.2 Å². The lowest BCUT2D eigenvalue weighted by Crippen LogP contribution is -2.37. The Labute approximate surface area is 200 Å². The van der Waals surface area contributed by atoms with Crippen molar-refractivity contribution in [2.75, 3.05) is 37.6 Å². The van der Waals surface area contributed by atoms with Crippen molar-refractivity contribution >= 4 is 23.1 Å². The average Bonchev–Trinajstić information content (AvgIpc) is 3.57. The number of para-hydroxylation sites is 1. The first-order chi connectivity index (χ1) is 16.3. The maximum Gasteiger partial charge on any atom is 0.159 e. The molecular formula is C27H33FN4S. The van der Waals surface area contributed by atoms with Crippen molar-refractivity contribution < 1.29 is 4.39 Å². The minimum absolute atomic E-state index is 0.104. The van der Waals surface area contributed by atoms with Crippen LogP contribution in [0.5, 0.6) is 0 Å². The van der Waals surface area contributed by atoms with Crippen molar-refractivity contribution in [3.05, 3.63) is 65.6 Å². The predicted molar refractivity (Wildman–Crippen MR) is 135 cm³/mol. The molecule has 2 aromatic carbocycles. The number of rotatable bonds is 6. The summed E-state index contributed by atoms with van der Waals surface area (Å²) in [7, 11) is 0. The zero-order chi connectivity index (χ0) is 22.2. The molecule has 0 saturated carbocycles. The number of benzene rings is 2. The van der Waals surface area contributed by atoms with Gasteiger partial charge in [0.2, 0.25) is 0 Å². The summed E-state index contributed by atoms with van der Waals surface area (Å²) in [5.74, 6) is -0.104. The summed E-state index contributed by atoms with van der Waals surface area (Å²) in [6.45, 7) is 5.55. The first-order valence-corrected chi connectivity index (χ1v) is 13.4. The van der Waals surface area contributed by atoms with Gasteiger partial charge in [-0.05, 0) is 88.1 Å². The number of nitrogens with zero attached hydrogens (tertiary/aromatic N) is 3. The van der Waals surface area contributed by atoms with Gasteiger partial charge in [0.25, 0.3) is 0 Å². The van der Waals surface area contributed by atoms with Crippen molar-refractivity contribution in [1.82, 2.24) is 15.1 Å². The normalized spacial score (nSPS) is 24.8. The van der Waals surface area contributed by atoms with Crippen LogP contribution in [-0.4, -0.2) is 48.0 Å². The van der Waals surface area contributed by atoms with E-state index in [4.69, 9.17) is 0 Å². The molecule has 0 aromatic heterocycles. The highest BCUT2D eigenvalue weighted by atomic mass is 32.2. The van der Waals surface area contributed by atoms with E-state index in [1.54, 1.807) is 6.07 Å². The summed E-state index contributed by atoms with van der Waals surface area (Å²) >= 11 is 1.88. The number of anilines is 1. The van der Waals surface area contributed by atoms with Crippen molar-refractivity contribution in [2.45, 2.75) is 55.0 Å². The van der Waals surface area contributed by atoms with E-state index in [1.807, 2.05) is 17.8 Å². The molecule has 0 amide bonds. The fraction of sp³-hybridized carbons (Fsp3) is 0.481. The van der Waals surface area contributed by atoms with Gasteiger partial charge in [-0.25, -0.2) is 4.39 Å². The average molecular weight is 465 g/mol. The van der Waals surface area contributed by atoms with Crippen LogP contribution in [0.1, 0.15) is 55.7 Å². The molecule has 4 aliphatic heterocycles. The van der Waals surface area contributed by atoms with Crippen molar-refractivity contribution in [2.24, 2.45) is 0 Å². The fourth-order valence-corrected chi connectivity index (χ4v) is 7.07. The van der Waals surface area contributed by atoms with Gasteiger partial charge in [0.1, 0.15) is 5.82 Å². The Bertz CT molecular complexity index is 1030. The highest BCUT2D eigenvalue weighted by Gasteiger charge is 2.40. The summed E-state index contributed by atoms with van der Waals surface area (Å²) in [5, 5.41) is 3.49. The van der Waals surface area contributed by atoms with Crippen LogP contribution in [0.15, 0.2) is 53.6 Å². The summed E-state index contributed by atoms with van der Waals surface area (Å²) in [5.41, 5.74) is 4.22. The van der Waals surface area contributed by atoms with Gasteiger partial charge in [-0.15, -0.1) is 0 Å². The predicted octanol–water partition coefficient (Wildman–Crippen LogP) is 5.64. The number of piperidine rings is 1. The van der Waals surface area contributed by atoms with Gasteiger partial charge in [0.15, 0.2) is 5.50 Å². The number of hydrogen-bond donors (Lipinski definition) is 1. The number of thioether (sulfide) groups is 1. The molecule has 2 aromatic rings. The Morgan fingerprint density at radius 2 is 1.88 bits per heavy atom. The first kappa shape index (κ1) is 21.5. The first-order valence-electron chi connectivity index (χ1n) is 12.6. The number of nitrogens with one attached hydrogen (secondary N) is 1. The molecule has 4 nitrogen and oxygen atoms in total. The van der Waals surface area contributed by atoms with E-state index in [-0.39, 0.29) is 17.4 Å².